The molecule has 1 atom stereocenters. The lowest BCUT2D eigenvalue weighted by Gasteiger charge is -2.14. The van der Waals surface area contributed by atoms with Gasteiger partial charge in [0, 0.05) is 29.0 Å². The number of aromatic nitrogens is 2. The minimum absolute atomic E-state index is 0.286. The Morgan fingerprint density at radius 3 is 2.53 bits per heavy atom. The summed E-state index contributed by atoms with van der Waals surface area (Å²) in [5.74, 6) is -0.288. The van der Waals surface area contributed by atoms with E-state index in [0.29, 0.717) is 22.6 Å². The van der Waals surface area contributed by atoms with Gasteiger partial charge in [0.15, 0.2) is 6.10 Å². The molecule has 0 aliphatic rings. The van der Waals surface area contributed by atoms with E-state index in [2.05, 4.69) is 15.3 Å². The summed E-state index contributed by atoms with van der Waals surface area (Å²) < 4.78 is 38.1. The summed E-state index contributed by atoms with van der Waals surface area (Å²) in [5, 5.41) is 14.7. The van der Waals surface area contributed by atoms with Crippen molar-refractivity contribution < 1.29 is 23.1 Å². The van der Waals surface area contributed by atoms with E-state index in [1.54, 1.807) is 48.7 Å². The van der Waals surface area contributed by atoms with E-state index in [1.807, 2.05) is 0 Å². The number of hydrogen-bond acceptors (Lipinski definition) is 5. The minimum Gasteiger partial charge on any atom is -0.383 e. The summed E-state index contributed by atoms with van der Waals surface area (Å²) in [7, 11) is 0. The fourth-order valence-corrected chi connectivity index (χ4v) is 3.26. The third kappa shape index (κ3) is 4.37. The molecule has 4 aromatic rings. The van der Waals surface area contributed by atoms with E-state index in [0.717, 1.165) is 23.0 Å². The number of pyridine rings is 2. The molecule has 0 aliphatic heterocycles. The van der Waals surface area contributed by atoms with Crippen LogP contribution in [-0.2, 0) is 11.0 Å². The van der Waals surface area contributed by atoms with Crippen molar-refractivity contribution in [2.24, 2.45) is 0 Å². The van der Waals surface area contributed by atoms with Gasteiger partial charge in [0.05, 0.1) is 0 Å². The molecular formula is C23H17F3N4O2. The predicted octanol–water partition coefficient (Wildman–Crippen LogP) is 4.57. The number of amides is 1. The van der Waals surface area contributed by atoms with Gasteiger partial charge < -0.3 is 16.2 Å². The number of nitrogens with zero attached hydrogens (tertiary/aromatic N) is 2. The van der Waals surface area contributed by atoms with Crippen LogP contribution in [0.25, 0.3) is 21.9 Å². The maximum absolute atomic E-state index is 12.7. The lowest BCUT2D eigenvalue weighted by Crippen LogP contribution is -2.20. The van der Waals surface area contributed by atoms with Gasteiger partial charge in [-0.05, 0) is 52.9 Å². The molecule has 162 valence electrons. The first-order chi connectivity index (χ1) is 15.2. The summed E-state index contributed by atoms with van der Waals surface area (Å²) in [4.78, 5) is 20.0. The topological polar surface area (TPSA) is 101 Å². The van der Waals surface area contributed by atoms with Crippen molar-refractivity contribution in [3.8, 4) is 11.1 Å². The Morgan fingerprint density at radius 1 is 1.00 bits per heavy atom. The van der Waals surface area contributed by atoms with Crippen LogP contribution in [0.4, 0.5) is 24.7 Å². The van der Waals surface area contributed by atoms with Crippen LogP contribution in [0, 0.1) is 0 Å². The van der Waals surface area contributed by atoms with Crippen LogP contribution in [-0.4, -0.2) is 21.0 Å². The number of carbonyl (C=O) groups is 1. The third-order valence-corrected chi connectivity index (χ3v) is 4.90. The van der Waals surface area contributed by atoms with Crippen molar-refractivity contribution >= 4 is 28.2 Å². The number of aliphatic hydroxyl groups excluding tert-OH is 1. The fourth-order valence-electron chi connectivity index (χ4n) is 3.26. The van der Waals surface area contributed by atoms with Crippen LogP contribution in [0.3, 0.4) is 0 Å². The molecule has 1 amide bonds. The van der Waals surface area contributed by atoms with Crippen molar-refractivity contribution in [2.45, 2.75) is 12.3 Å². The Labute approximate surface area is 180 Å². The summed E-state index contributed by atoms with van der Waals surface area (Å²) >= 11 is 0. The SMILES string of the molecule is Nc1nccc2cc(NC(=O)C(O)c3cccc(-c4ccc(C(F)(F)F)nc4)c3)ccc12. The molecule has 32 heavy (non-hydrogen) atoms. The Bertz CT molecular complexity index is 1290. The van der Waals surface area contributed by atoms with Gasteiger partial charge in [-0.2, -0.15) is 13.2 Å². The van der Waals surface area contributed by atoms with Crippen LogP contribution in [0.5, 0.6) is 0 Å². The number of halogens is 3. The second kappa shape index (κ2) is 8.27. The number of nitrogens with two attached hydrogens (primary N) is 1. The van der Waals surface area contributed by atoms with Crippen LogP contribution in [0.1, 0.15) is 17.4 Å². The van der Waals surface area contributed by atoms with Gasteiger partial charge in [-0.25, -0.2) is 4.98 Å². The molecule has 0 spiro atoms. The molecule has 2 aromatic heterocycles. The highest BCUT2D eigenvalue weighted by Gasteiger charge is 2.32. The van der Waals surface area contributed by atoms with Gasteiger partial charge in [-0.3, -0.25) is 9.78 Å². The molecule has 0 aliphatic carbocycles. The zero-order valence-corrected chi connectivity index (χ0v) is 16.5. The van der Waals surface area contributed by atoms with Crippen LogP contribution >= 0.6 is 0 Å². The number of aliphatic hydroxyl groups is 1. The minimum atomic E-state index is -4.53. The van der Waals surface area contributed by atoms with E-state index in [1.165, 1.54) is 12.1 Å². The maximum Gasteiger partial charge on any atom is 0.433 e. The molecule has 0 saturated carbocycles. The molecule has 0 fully saturated rings. The normalized spacial score (nSPS) is 12.5. The monoisotopic (exact) mass is 438 g/mol. The van der Waals surface area contributed by atoms with Crippen LogP contribution in [0.2, 0.25) is 0 Å². The largest absolute Gasteiger partial charge is 0.433 e. The highest BCUT2D eigenvalue weighted by molar-refractivity contribution is 5.99. The van der Waals surface area contributed by atoms with Crippen molar-refractivity contribution in [3.63, 3.8) is 0 Å². The first-order valence-electron chi connectivity index (χ1n) is 9.49. The lowest BCUT2D eigenvalue weighted by atomic mass is 10.0. The number of benzene rings is 2. The summed E-state index contributed by atoms with van der Waals surface area (Å²) in [6, 6.07) is 15.3. The molecular weight excluding hydrogens is 421 g/mol. The number of nitrogen functional groups attached to an aromatic ring is 1. The van der Waals surface area contributed by atoms with Gasteiger partial charge in [-0.15, -0.1) is 0 Å². The van der Waals surface area contributed by atoms with E-state index in [-0.39, 0.29) is 5.56 Å². The third-order valence-electron chi connectivity index (χ3n) is 4.90. The Kier molecular flexibility index (Phi) is 5.50. The van der Waals surface area contributed by atoms with Crippen molar-refractivity contribution in [2.75, 3.05) is 11.1 Å². The molecule has 4 N–H and O–H groups in total. The smallest absolute Gasteiger partial charge is 0.383 e. The second-order valence-electron chi connectivity index (χ2n) is 7.08. The first kappa shape index (κ1) is 21.3. The molecule has 0 saturated heterocycles. The van der Waals surface area contributed by atoms with Gasteiger partial charge in [0.25, 0.3) is 5.91 Å². The van der Waals surface area contributed by atoms with Gasteiger partial charge in [0.2, 0.25) is 0 Å². The number of hydrogen-bond donors (Lipinski definition) is 3. The number of anilines is 2. The molecule has 2 heterocycles. The zero-order valence-electron chi connectivity index (χ0n) is 16.5. The number of nitrogens with one attached hydrogen (secondary N) is 1. The zero-order chi connectivity index (χ0) is 22.9. The fraction of sp³-hybridized carbons (Fsp3) is 0.0870. The number of rotatable bonds is 4. The molecule has 0 bridgehead atoms. The first-order valence-corrected chi connectivity index (χ1v) is 9.49. The molecule has 4 rings (SSSR count). The molecule has 1 unspecified atom stereocenters. The van der Waals surface area contributed by atoms with E-state index in [9.17, 15) is 23.1 Å². The average molecular weight is 438 g/mol. The van der Waals surface area contributed by atoms with Gasteiger partial charge >= 0.3 is 6.18 Å². The molecule has 2 aromatic carbocycles. The van der Waals surface area contributed by atoms with Crippen LogP contribution in [0.15, 0.2) is 73.1 Å². The molecule has 6 nitrogen and oxygen atoms in total. The summed E-state index contributed by atoms with van der Waals surface area (Å²) in [6.45, 7) is 0. The standard InChI is InChI=1S/C23H17F3N4O2/c24-23(25,26)19-7-4-16(12-29-19)13-2-1-3-15(10-13)20(31)22(32)30-17-5-6-18-14(11-17)8-9-28-21(18)27/h1-12,20,31H,(H2,27,28)(H,30,32). The molecule has 0 radical (unpaired) electrons. The van der Waals surface area contributed by atoms with Crippen LogP contribution < -0.4 is 11.1 Å². The quantitative estimate of drug-likeness (QED) is 0.433. The average Bonchev–Trinajstić information content (AvgIpc) is 2.78. The Hall–Kier alpha value is -3.98. The lowest BCUT2D eigenvalue weighted by molar-refractivity contribution is -0.141. The van der Waals surface area contributed by atoms with Crippen molar-refractivity contribution in [3.05, 3.63) is 84.3 Å². The highest BCUT2D eigenvalue weighted by atomic mass is 19.4. The summed E-state index contributed by atoms with van der Waals surface area (Å²) in [6.07, 6.45) is -3.36. The number of fused-ring (bicyclic) bond motifs is 1. The predicted molar refractivity (Wildman–Crippen MR) is 114 cm³/mol. The van der Waals surface area contributed by atoms with E-state index in [4.69, 9.17) is 5.73 Å². The van der Waals surface area contributed by atoms with E-state index < -0.39 is 23.9 Å². The Balaban J connectivity index is 1.53. The van der Waals surface area contributed by atoms with Gasteiger partial charge in [0.1, 0.15) is 11.5 Å². The Morgan fingerprint density at radius 2 is 1.81 bits per heavy atom. The maximum atomic E-state index is 12.7. The van der Waals surface area contributed by atoms with Crippen molar-refractivity contribution in [1.29, 1.82) is 0 Å². The highest BCUT2D eigenvalue weighted by Crippen LogP contribution is 2.30. The summed E-state index contributed by atoms with van der Waals surface area (Å²) in [5.41, 5.74) is 6.53. The molecule has 9 heteroatoms. The number of alkyl halides is 3. The van der Waals surface area contributed by atoms with Gasteiger partial charge in [-0.1, -0.05) is 24.3 Å². The number of carbonyl (C=O) groups excluding carboxylic acids is 1. The second-order valence-corrected chi connectivity index (χ2v) is 7.08. The van der Waals surface area contributed by atoms with Crippen molar-refractivity contribution in [1.82, 2.24) is 9.97 Å². The van der Waals surface area contributed by atoms with E-state index >= 15 is 0 Å².